The molecular formula is C28H28N2O4S. The van der Waals surface area contributed by atoms with Crippen molar-refractivity contribution in [1.82, 2.24) is 5.32 Å². The molecule has 0 aliphatic carbocycles. The second kappa shape index (κ2) is 11.6. The molecule has 3 aromatic carbocycles. The van der Waals surface area contributed by atoms with E-state index in [0.29, 0.717) is 36.6 Å². The molecule has 0 atom stereocenters. The molecule has 0 aromatic heterocycles. The zero-order valence-corrected chi connectivity index (χ0v) is 20.6. The maximum atomic E-state index is 12.6. The van der Waals surface area contributed by atoms with E-state index < -0.39 is 0 Å². The van der Waals surface area contributed by atoms with E-state index in [2.05, 4.69) is 10.6 Å². The Morgan fingerprint density at radius 2 is 1.71 bits per heavy atom. The molecule has 1 heterocycles. The first-order valence-electron chi connectivity index (χ1n) is 11.6. The van der Waals surface area contributed by atoms with E-state index in [1.165, 1.54) is 11.8 Å². The van der Waals surface area contributed by atoms with Crippen molar-refractivity contribution in [2.24, 2.45) is 0 Å². The van der Waals surface area contributed by atoms with Crippen LogP contribution in [0.3, 0.4) is 0 Å². The van der Waals surface area contributed by atoms with Gasteiger partial charge in [0.05, 0.1) is 23.8 Å². The van der Waals surface area contributed by atoms with E-state index in [4.69, 9.17) is 9.47 Å². The minimum atomic E-state index is -0.140. The third kappa shape index (κ3) is 6.25. The molecule has 0 saturated heterocycles. The van der Waals surface area contributed by atoms with Crippen molar-refractivity contribution >= 4 is 35.3 Å². The van der Waals surface area contributed by atoms with E-state index >= 15 is 0 Å². The summed E-state index contributed by atoms with van der Waals surface area (Å²) in [5, 5.41) is 5.87. The lowest BCUT2D eigenvalue weighted by molar-refractivity contribution is -0.112. The molecule has 0 radical (unpaired) electrons. The number of carbonyl (C=O) groups is 2. The molecule has 4 rings (SSSR count). The van der Waals surface area contributed by atoms with Crippen LogP contribution < -0.4 is 20.1 Å². The SMILES string of the molecule is CCOc1ccc(CCNC(=O)c2ccc(C=C3Sc4ccccc4NC3=O)cc2)cc1OCC. The van der Waals surface area contributed by atoms with Gasteiger partial charge in [0.1, 0.15) is 0 Å². The first-order chi connectivity index (χ1) is 17.1. The maximum Gasteiger partial charge on any atom is 0.262 e. The number of ether oxygens (including phenoxy) is 2. The largest absolute Gasteiger partial charge is 0.490 e. The molecule has 0 saturated carbocycles. The van der Waals surface area contributed by atoms with Crippen LogP contribution in [0.4, 0.5) is 5.69 Å². The van der Waals surface area contributed by atoms with Crippen molar-refractivity contribution in [3.63, 3.8) is 0 Å². The molecule has 35 heavy (non-hydrogen) atoms. The van der Waals surface area contributed by atoms with E-state index in [1.54, 1.807) is 12.1 Å². The molecule has 0 bridgehead atoms. The zero-order valence-electron chi connectivity index (χ0n) is 19.8. The average molecular weight is 489 g/mol. The molecule has 1 aliphatic rings. The number of amides is 2. The summed E-state index contributed by atoms with van der Waals surface area (Å²) in [5.74, 6) is 1.18. The molecule has 0 unspecified atom stereocenters. The summed E-state index contributed by atoms with van der Waals surface area (Å²) in [6.07, 6.45) is 2.51. The number of hydrogen-bond donors (Lipinski definition) is 2. The monoisotopic (exact) mass is 488 g/mol. The molecule has 0 fully saturated rings. The highest BCUT2D eigenvalue weighted by molar-refractivity contribution is 8.04. The number of carbonyl (C=O) groups excluding carboxylic acids is 2. The zero-order chi connectivity index (χ0) is 24.6. The highest BCUT2D eigenvalue weighted by Gasteiger charge is 2.20. The van der Waals surface area contributed by atoms with Crippen molar-refractivity contribution in [2.75, 3.05) is 25.1 Å². The van der Waals surface area contributed by atoms with Gasteiger partial charge < -0.3 is 20.1 Å². The number of fused-ring (bicyclic) bond motifs is 1. The molecular weight excluding hydrogens is 460 g/mol. The lowest BCUT2D eigenvalue weighted by Gasteiger charge is -2.18. The van der Waals surface area contributed by atoms with Crippen LogP contribution in [0.5, 0.6) is 11.5 Å². The summed E-state index contributed by atoms with van der Waals surface area (Å²) in [6.45, 7) is 5.51. The molecule has 2 amide bonds. The maximum absolute atomic E-state index is 12.6. The van der Waals surface area contributed by atoms with Gasteiger partial charge in [0, 0.05) is 17.0 Å². The third-order valence-electron chi connectivity index (χ3n) is 5.36. The predicted molar refractivity (Wildman–Crippen MR) is 140 cm³/mol. The topological polar surface area (TPSA) is 76.7 Å². The summed E-state index contributed by atoms with van der Waals surface area (Å²) >= 11 is 1.44. The van der Waals surface area contributed by atoms with Crippen LogP contribution in [0.2, 0.25) is 0 Å². The molecule has 2 N–H and O–H groups in total. The lowest BCUT2D eigenvalue weighted by atomic mass is 10.1. The van der Waals surface area contributed by atoms with Crippen LogP contribution >= 0.6 is 11.8 Å². The van der Waals surface area contributed by atoms with Crippen LogP contribution in [-0.2, 0) is 11.2 Å². The normalized spacial score (nSPS) is 13.7. The number of rotatable bonds is 9. The standard InChI is InChI=1S/C28H28N2O4S/c1-3-33-23-14-11-20(17-24(23)34-4-2)15-16-29-27(31)21-12-9-19(10-13-21)18-26-28(32)30-22-7-5-6-8-25(22)35-26/h5-14,17-18H,3-4,15-16H2,1-2H3,(H,29,31)(H,30,32). The Hall–Kier alpha value is -3.71. The molecule has 3 aromatic rings. The third-order valence-corrected chi connectivity index (χ3v) is 6.46. The van der Waals surface area contributed by atoms with Crippen molar-refractivity contribution in [1.29, 1.82) is 0 Å². The van der Waals surface area contributed by atoms with Crippen LogP contribution in [-0.4, -0.2) is 31.6 Å². The van der Waals surface area contributed by atoms with Gasteiger partial charge >= 0.3 is 0 Å². The van der Waals surface area contributed by atoms with Crippen molar-refractivity contribution in [2.45, 2.75) is 25.2 Å². The minimum absolute atomic E-state index is 0.127. The second-order valence-electron chi connectivity index (χ2n) is 7.84. The molecule has 7 heteroatoms. The van der Waals surface area contributed by atoms with E-state index in [1.807, 2.05) is 74.5 Å². The van der Waals surface area contributed by atoms with Gasteiger partial charge in [-0.05, 0) is 73.9 Å². The van der Waals surface area contributed by atoms with Crippen molar-refractivity contribution in [3.8, 4) is 11.5 Å². The molecule has 180 valence electrons. The van der Waals surface area contributed by atoms with E-state index in [0.717, 1.165) is 33.2 Å². The fourth-order valence-electron chi connectivity index (χ4n) is 3.66. The van der Waals surface area contributed by atoms with Gasteiger partial charge in [-0.2, -0.15) is 0 Å². The van der Waals surface area contributed by atoms with Gasteiger partial charge in [-0.3, -0.25) is 9.59 Å². The molecule has 0 spiro atoms. The van der Waals surface area contributed by atoms with E-state index in [9.17, 15) is 9.59 Å². The van der Waals surface area contributed by atoms with Gasteiger partial charge in [-0.15, -0.1) is 0 Å². The van der Waals surface area contributed by atoms with Crippen LogP contribution in [0.15, 0.2) is 76.5 Å². The van der Waals surface area contributed by atoms with Gasteiger partial charge in [0.15, 0.2) is 11.5 Å². The fourth-order valence-corrected chi connectivity index (χ4v) is 4.61. The minimum Gasteiger partial charge on any atom is -0.490 e. The number of benzene rings is 3. The van der Waals surface area contributed by atoms with Crippen LogP contribution in [0.1, 0.15) is 35.3 Å². The average Bonchev–Trinajstić information content (AvgIpc) is 2.86. The summed E-state index contributed by atoms with van der Waals surface area (Å²) in [5.41, 5.74) is 3.31. The van der Waals surface area contributed by atoms with Gasteiger partial charge in [0.2, 0.25) is 0 Å². The number of thioether (sulfide) groups is 1. The van der Waals surface area contributed by atoms with Crippen LogP contribution in [0, 0.1) is 0 Å². The molecule has 1 aliphatic heterocycles. The Kier molecular flexibility index (Phi) is 8.11. The van der Waals surface area contributed by atoms with E-state index in [-0.39, 0.29) is 11.8 Å². The number of para-hydroxylation sites is 1. The quantitative estimate of drug-likeness (QED) is 0.387. The summed E-state index contributed by atoms with van der Waals surface area (Å²) in [4.78, 5) is 26.6. The summed E-state index contributed by atoms with van der Waals surface area (Å²) in [7, 11) is 0. The number of nitrogens with one attached hydrogen (secondary N) is 2. The van der Waals surface area contributed by atoms with Crippen LogP contribution in [0.25, 0.3) is 6.08 Å². The second-order valence-corrected chi connectivity index (χ2v) is 8.92. The predicted octanol–water partition coefficient (Wildman–Crippen LogP) is 5.54. The Balaban J connectivity index is 1.34. The number of hydrogen-bond acceptors (Lipinski definition) is 5. The highest BCUT2D eigenvalue weighted by atomic mass is 32.2. The first kappa shape index (κ1) is 24.4. The first-order valence-corrected chi connectivity index (χ1v) is 12.5. The van der Waals surface area contributed by atoms with Gasteiger partial charge in [0.25, 0.3) is 11.8 Å². The lowest BCUT2D eigenvalue weighted by Crippen LogP contribution is -2.25. The summed E-state index contributed by atoms with van der Waals surface area (Å²) in [6, 6.07) is 20.8. The van der Waals surface area contributed by atoms with Gasteiger partial charge in [-0.1, -0.05) is 42.1 Å². The van der Waals surface area contributed by atoms with Gasteiger partial charge in [-0.25, -0.2) is 0 Å². The Labute approximate surface area is 209 Å². The van der Waals surface area contributed by atoms with Crippen molar-refractivity contribution in [3.05, 3.63) is 88.3 Å². The summed E-state index contributed by atoms with van der Waals surface area (Å²) < 4.78 is 11.3. The fraction of sp³-hybridized carbons (Fsp3) is 0.214. The Morgan fingerprint density at radius 3 is 2.49 bits per heavy atom. The van der Waals surface area contributed by atoms with Crippen molar-refractivity contribution < 1.29 is 19.1 Å². The highest BCUT2D eigenvalue weighted by Crippen LogP contribution is 2.38. The Morgan fingerprint density at radius 1 is 0.971 bits per heavy atom. The molecule has 6 nitrogen and oxygen atoms in total. The number of anilines is 1. The smallest absolute Gasteiger partial charge is 0.262 e. The Bertz CT molecular complexity index is 1240.